The first-order valence-electron chi connectivity index (χ1n) is 8.49. The summed E-state index contributed by atoms with van der Waals surface area (Å²) in [6.07, 6.45) is 4.95. The van der Waals surface area contributed by atoms with Crippen molar-refractivity contribution >= 4 is 46.9 Å². The van der Waals surface area contributed by atoms with E-state index < -0.39 is 0 Å². The highest BCUT2D eigenvalue weighted by atomic mass is 127. The quantitative estimate of drug-likeness (QED) is 0.320. The first kappa shape index (κ1) is 20.7. The van der Waals surface area contributed by atoms with Gasteiger partial charge in [0.2, 0.25) is 0 Å². The SMILES string of the molecule is CN=C(NCCc1cn2ccccc2n1)NCC(C)(C)c1cccs1.I. The van der Waals surface area contributed by atoms with Crippen molar-refractivity contribution in [1.29, 1.82) is 0 Å². The molecule has 3 heterocycles. The van der Waals surface area contributed by atoms with Crippen molar-refractivity contribution in [3.05, 3.63) is 58.7 Å². The molecule has 0 aliphatic rings. The van der Waals surface area contributed by atoms with Crippen molar-refractivity contribution in [2.24, 2.45) is 4.99 Å². The summed E-state index contributed by atoms with van der Waals surface area (Å²) in [7, 11) is 1.80. The number of fused-ring (bicyclic) bond motifs is 1. The number of guanidine groups is 1. The molecule has 0 spiro atoms. The Kier molecular flexibility index (Phi) is 7.45. The van der Waals surface area contributed by atoms with Crippen LogP contribution in [0.25, 0.3) is 5.65 Å². The molecule has 2 N–H and O–H groups in total. The smallest absolute Gasteiger partial charge is 0.191 e. The summed E-state index contributed by atoms with van der Waals surface area (Å²) in [6, 6.07) is 10.3. The molecule has 0 unspecified atom stereocenters. The van der Waals surface area contributed by atoms with Crippen LogP contribution in [0.3, 0.4) is 0 Å². The number of thiophene rings is 1. The lowest BCUT2D eigenvalue weighted by Gasteiger charge is -2.25. The molecular weight excluding hydrogens is 457 g/mol. The molecule has 0 atom stereocenters. The number of halogens is 1. The van der Waals surface area contributed by atoms with Gasteiger partial charge in [-0.2, -0.15) is 0 Å². The lowest BCUT2D eigenvalue weighted by Crippen LogP contribution is -2.43. The highest BCUT2D eigenvalue weighted by molar-refractivity contribution is 14.0. The highest BCUT2D eigenvalue weighted by Crippen LogP contribution is 2.26. The molecule has 0 radical (unpaired) electrons. The van der Waals surface area contributed by atoms with Crippen LogP contribution in [0.1, 0.15) is 24.4 Å². The number of aromatic nitrogens is 2. The van der Waals surface area contributed by atoms with Crippen LogP contribution in [0.4, 0.5) is 0 Å². The Morgan fingerprint density at radius 3 is 2.77 bits per heavy atom. The van der Waals surface area contributed by atoms with E-state index in [1.54, 1.807) is 18.4 Å². The highest BCUT2D eigenvalue weighted by Gasteiger charge is 2.21. The van der Waals surface area contributed by atoms with Gasteiger partial charge < -0.3 is 15.0 Å². The fourth-order valence-corrected chi connectivity index (χ4v) is 3.54. The lowest BCUT2D eigenvalue weighted by atomic mass is 9.91. The van der Waals surface area contributed by atoms with E-state index >= 15 is 0 Å². The van der Waals surface area contributed by atoms with Crippen LogP contribution in [-0.2, 0) is 11.8 Å². The van der Waals surface area contributed by atoms with Gasteiger partial charge >= 0.3 is 0 Å². The van der Waals surface area contributed by atoms with E-state index in [0.29, 0.717) is 0 Å². The Bertz CT molecular complexity index is 806. The van der Waals surface area contributed by atoms with Gasteiger partial charge in [-0.25, -0.2) is 4.98 Å². The monoisotopic (exact) mass is 483 g/mol. The van der Waals surface area contributed by atoms with Gasteiger partial charge in [0.25, 0.3) is 0 Å². The molecule has 26 heavy (non-hydrogen) atoms. The van der Waals surface area contributed by atoms with Crippen LogP contribution < -0.4 is 10.6 Å². The van der Waals surface area contributed by atoms with Crippen LogP contribution in [0, 0.1) is 0 Å². The average Bonchev–Trinajstić information content (AvgIpc) is 3.27. The fraction of sp³-hybridized carbons (Fsp3) is 0.368. The molecule has 3 aromatic heterocycles. The summed E-state index contributed by atoms with van der Waals surface area (Å²) in [5.74, 6) is 0.827. The van der Waals surface area contributed by atoms with Crippen LogP contribution in [0.2, 0.25) is 0 Å². The maximum Gasteiger partial charge on any atom is 0.191 e. The number of nitrogens with zero attached hydrogens (tertiary/aromatic N) is 3. The minimum atomic E-state index is 0. The van der Waals surface area contributed by atoms with Gasteiger partial charge in [-0.05, 0) is 23.6 Å². The predicted octanol–water partition coefficient (Wildman–Crippen LogP) is 3.70. The Morgan fingerprint density at radius 2 is 2.08 bits per heavy atom. The van der Waals surface area contributed by atoms with Crippen LogP contribution >= 0.6 is 35.3 Å². The van der Waals surface area contributed by atoms with Gasteiger partial charge in [-0.1, -0.05) is 26.0 Å². The van der Waals surface area contributed by atoms with Crippen molar-refractivity contribution in [2.45, 2.75) is 25.7 Å². The molecule has 140 valence electrons. The van der Waals surface area contributed by atoms with E-state index in [9.17, 15) is 0 Å². The van der Waals surface area contributed by atoms with Crippen molar-refractivity contribution in [3.8, 4) is 0 Å². The molecule has 5 nitrogen and oxygen atoms in total. The molecule has 0 amide bonds. The molecule has 3 aromatic rings. The first-order chi connectivity index (χ1) is 12.1. The summed E-state index contributed by atoms with van der Waals surface area (Å²) in [4.78, 5) is 10.3. The second kappa shape index (κ2) is 9.36. The standard InChI is InChI=1S/C19H25N5S.HI/c1-19(2,16-7-6-12-25-16)14-22-18(20-3)21-10-9-15-13-24-11-5-4-8-17(24)23-15;/h4-8,11-13H,9-10,14H2,1-3H3,(H2,20,21,22);1H. The lowest BCUT2D eigenvalue weighted by molar-refractivity contribution is 0.518. The molecule has 0 aliphatic heterocycles. The Labute approximate surface area is 176 Å². The Balaban J connectivity index is 0.00000243. The summed E-state index contributed by atoms with van der Waals surface area (Å²) in [6.45, 7) is 6.12. The minimum Gasteiger partial charge on any atom is -0.356 e. The van der Waals surface area contributed by atoms with E-state index in [0.717, 1.165) is 36.8 Å². The first-order valence-corrected chi connectivity index (χ1v) is 9.37. The molecule has 0 aliphatic carbocycles. The molecule has 0 saturated carbocycles. The maximum absolute atomic E-state index is 4.62. The second-order valence-electron chi connectivity index (χ2n) is 6.66. The summed E-state index contributed by atoms with van der Waals surface area (Å²) >= 11 is 1.80. The maximum atomic E-state index is 4.62. The van der Waals surface area contributed by atoms with Gasteiger partial charge in [0, 0.05) is 49.2 Å². The molecule has 0 fully saturated rings. The molecule has 0 saturated heterocycles. The van der Waals surface area contributed by atoms with E-state index in [1.807, 2.05) is 28.8 Å². The molecule has 0 aromatic carbocycles. The number of aliphatic imine (C=N–C) groups is 1. The van der Waals surface area contributed by atoms with Crippen molar-refractivity contribution in [3.63, 3.8) is 0 Å². The van der Waals surface area contributed by atoms with Gasteiger partial charge in [-0.15, -0.1) is 35.3 Å². The van der Waals surface area contributed by atoms with Crippen molar-refractivity contribution in [2.75, 3.05) is 20.1 Å². The predicted molar refractivity (Wildman–Crippen MR) is 121 cm³/mol. The third kappa shape index (κ3) is 5.20. The second-order valence-corrected chi connectivity index (χ2v) is 7.61. The topological polar surface area (TPSA) is 53.7 Å². The molecule has 0 bridgehead atoms. The van der Waals surface area contributed by atoms with Crippen LogP contribution in [0.15, 0.2) is 53.1 Å². The summed E-state index contributed by atoms with van der Waals surface area (Å²) in [5, 5.41) is 8.93. The van der Waals surface area contributed by atoms with Gasteiger partial charge in [-0.3, -0.25) is 4.99 Å². The Hall–Kier alpha value is -1.61. The zero-order valence-corrected chi connectivity index (χ0v) is 18.5. The normalized spacial score (nSPS) is 12.0. The van der Waals surface area contributed by atoms with Gasteiger partial charge in [0.15, 0.2) is 5.96 Å². The van der Waals surface area contributed by atoms with Crippen molar-refractivity contribution in [1.82, 2.24) is 20.0 Å². The minimum absolute atomic E-state index is 0. The van der Waals surface area contributed by atoms with E-state index in [1.165, 1.54) is 4.88 Å². The van der Waals surface area contributed by atoms with Gasteiger partial charge in [0.1, 0.15) is 5.65 Å². The molecule has 7 heteroatoms. The van der Waals surface area contributed by atoms with Gasteiger partial charge in [0.05, 0.1) is 5.69 Å². The number of pyridine rings is 1. The van der Waals surface area contributed by atoms with E-state index in [4.69, 9.17) is 0 Å². The van der Waals surface area contributed by atoms with E-state index in [-0.39, 0.29) is 29.4 Å². The number of rotatable bonds is 6. The number of hydrogen-bond donors (Lipinski definition) is 2. The van der Waals surface area contributed by atoms with Crippen molar-refractivity contribution < 1.29 is 0 Å². The Morgan fingerprint density at radius 1 is 1.23 bits per heavy atom. The number of imidazole rings is 1. The number of hydrogen-bond acceptors (Lipinski definition) is 3. The average molecular weight is 483 g/mol. The molecule has 3 rings (SSSR count). The van der Waals surface area contributed by atoms with Crippen LogP contribution in [0.5, 0.6) is 0 Å². The largest absolute Gasteiger partial charge is 0.356 e. The number of nitrogens with one attached hydrogen (secondary N) is 2. The third-order valence-electron chi connectivity index (χ3n) is 4.20. The summed E-state index contributed by atoms with van der Waals surface area (Å²) < 4.78 is 2.05. The van der Waals surface area contributed by atoms with Crippen LogP contribution in [-0.4, -0.2) is 35.5 Å². The zero-order chi connectivity index (χ0) is 17.7. The molecular formula is C19H26IN5S. The third-order valence-corrected chi connectivity index (χ3v) is 5.43. The summed E-state index contributed by atoms with van der Waals surface area (Å²) in [5.41, 5.74) is 2.14. The fourth-order valence-electron chi connectivity index (χ4n) is 2.69. The zero-order valence-electron chi connectivity index (χ0n) is 15.4. The van der Waals surface area contributed by atoms with E-state index in [2.05, 4.69) is 58.2 Å².